The number of aromatic nitrogens is 2. The minimum Gasteiger partial charge on any atom is -0.369 e. The molecular formula is C17H19Cl2N3. The lowest BCUT2D eigenvalue weighted by Crippen LogP contribution is -2.27. The van der Waals surface area contributed by atoms with Gasteiger partial charge in [0.15, 0.2) is 0 Å². The Hall–Kier alpha value is -1.58. The molecule has 0 aliphatic heterocycles. The first kappa shape index (κ1) is 16.8. The number of benzene rings is 1. The monoisotopic (exact) mass is 335 g/mol. The molecule has 3 nitrogen and oxygen atoms in total. The molecule has 1 heterocycles. The molecule has 0 aliphatic rings. The van der Waals surface area contributed by atoms with Gasteiger partial charge < -0.3 is 4.90 Å². The Bertz CT molecular complexity index is 609. The Kier molecular flexibility index (Phi) is 6.69. The van der Waals surface area contributed by atoms with E-state index in [0.717, 1.165) is 24.5 Å². The fraction of sp³-hybridized carbons (Fsp3) is 0.294. The molecule has 0 fully saturated rings. The lowest BCUT2D eigenvalue weighted by atomic mass is 10.1. The van der Waals surface area contributed by atoms with Crippen LogP contribution in [-0.4, -0.2) is 34.8 Å². The fourth-order valence-corrected chi connectivity index (χ4v) is 2.60. The van der Waals surface area contributed by atoms with Gasteiger partial charge in [-0.05, 0) is 42.3 Å². The van der Waals surface area contributed by atoms with Crippen LogP contribution in [0.4, 0.5) is 5.69 Å². The summed E-state index contributed by atoms with van der Waals surface area (Å²) in [5.41, 5.74) is 4.42. The highest BCUT2D eigenvalue weighted by atomic mass is 35.5. The number of rotatable bonds is 7. The van der Waals surface area contributed by atoms with Gasteiger partial charge in [-0.3, -0.25) is 0 Å². The number of aryl methyl sites for hydroxylation is 1. The molecule has 0 amide bonds. The van der Waals surface area contributed by atoms with Crippen LogP contribution in [0.1, 0.15) is 16.8 Å². The summed E-state index contributed by atoms with van der Waals surface area (Å²) in [4.78, 5) is 10.3. The summed E-state index contributed by atoms with van der Waals surface area (Å²) in [6.07, 6.45) is 7.33. The second-order valence-corrected chi connectivity index (χ2v) is 5.63. The Balaban J connectivity index is 2.17. The highest BCUT2D eigenvalue weighted by Crippen LogP contribution is 2.21. The van der Waals surface area contributed by atoms with Crippen LogP contribution in [0, 0.1) is 6.92 Å². The van der Waals surface area contributed by atoms with Crippen LogP contribution in [0.2, 0.25) is 0 Å². The highest BCUT2D eigenvalue weighted by Gasteiger charge is 2.06. The summed E-state index contributed by atoms with van der Waals surface area (Å²) < 4.78 is 0. The van der Waals surface area contributed by atoms with Gasteiger partial charge in [0.05, 0.1) is 5.69 Å². The molecule has 0 atom stereocenters. The van der Waals surface area contributed by atoms with Crippen LogP contribution in [0.3, 0.4) is 0 Å². The van der Waals surface area contributed by atoms with Crippen LogP contribution in [0.5, 0.6) is 0 Å². The molecule has 5 heteroatoms. The molecule has 1 aromatic heterocycles. The van der Waals surface area contributed by atoms with E-state index in [4.69, 9.17) is 23.2 Å². The summed E-state index contributed by atoms with van der Waals surface area (Å²) in [6, 6.07) is 8.26. The summed E-state index contributed by atoms with van der Waals surface area (Å²) in [5, 5.41) is 0. The first-order chi connectivity index (χ1) is 10.7. The predicted octanol–water partition coefficient (Wildman–Crippen LogP) is 4.24. The minimum absolute atomic E-state index is 0.589. The van der Waals surface area contributed by atoms with Crippen LogP contribution in [-0.2, 0) is 0 Å². The number of alkyl halides is 2. The number of halogens is 2. The first-order valence-corrected chi connectivity index (χ1v) is 8.23. The van der Waals surface area contributed by atoms with Crippen molar-refractivity contribution in [2.24, 2.45) is 0 Å². The maximum Gasteiger partial charge on any atom is 0.115 e. The summed E-state index contributed by atoms with van der Waals surface area (Å²) >= 11 is 11.7. The zero-order chi connectivity index (χ0) is 15.8. The van der Waals surface area contributed by atoms with Gasteiger partial charge in [-0.1, -0.05) is 12.1 Å². The fourth-order valence-electron chi connectivity index (χ4n) is 2.19. The largest absolute Gasteiger partial charge is 0.369 e. The van der Waals surface area contributed by atoms with Crippen LogP contribution in [0.15, 0.2) is 36.8 Å². The third-order valence-corrected chi connectivity index (χ3v) is 3.70. The predicted molar refractivity (Wildman–Crippen MR) is 95.8 cm³/mol. The van der Waals surface area contributed by atoms with E-state index in [1.165, 1.54) is 11.1 Å². The van der Waals surface area contributed by atoms with Crippen molar-refractivity contribution >= 4 is 41.0 Å². The van der Waals surface area contributed by atoms with Crippen molar-refractivity contribution < 1.29 is 0 Å². The van der Waals surface area contributed by atoms with Crippen LogP contribution in [0.25, 0.3) is 12.2 Å². The van der Waals surface area contributed by atoms with Gasteiger partial charge in [-0.15, -0.1) is 23.2 Å². The summed E-state index contributed by atoms with van der Waals surface area (Å²) in [6.45, 7) is 3.69. The number of hydrogen-bond acceptors (Lipinski definition) is 3. The number of nitrogens with zero attached hydrogens (tertiary/aromatic N) is 3. The van der Waals surface area contributed by atoms with E-state index >= 15 is 0 Å². The van der Waals surface area contributed by atoms with E-state index in [1.807, 2.05) is 12.1 Å². The third kappa shape index (κ3) is 4.72. The molecule has 2 aromatic rings. The van der Waals surface area contributed by atoms with E-state index in [1.54, 1.807) is 12.5 Å². The second-order valence-electron chi connectivity index (χ2n) is 4.87. The van der Waals surface area contributed by atoms with Crippen molar-refractivity contribution in [1.29, 1.82) is 0 Å². The van der Waals surface area contributed by atoms with Gasteiger partial charge in [-0.25, -0.2) is 9.97 Å². The molecule has 0 radical (unpaired) electrons. The van der Waals surface area contributed by atoms with Gasteiger partial charge >= 0.3 is 0 Å². The molecule has 0 saturated heterocycles. The number of anilines is 1. The molecule has 0 spiro atoms. The van der Waals surface area contributed by atoms with Crippen molar-refractivity contribution in [2.45, 2.75) is 6.92 Å². The van der Waals surface area contributed by atoms with Crippen LogP contribution < -0.4 is 4.90 Å². The Morgan fingerprint density at radius 1 is 1.09 bits per heavy atom. The molecule has 0 saturated carbocycles. The normalized spacial score (nSPS) is 11.0. The maximum atomic E-state index is 5.86. The van der Waals surface area contributed by atoms with Crippen molar-refractivity contribution in [2.75, 3.05) is 29.7 Å². The molecule has 1 aromatic carbocycles. The lowest BCUT2D eigenvalue weighted by molar-refractivity contribution is 0.873. The Labute approximate surface area is 141 Å². The molecule has 0 aliphatic carbocycles. The Morgan fingerprint density at radius 2 is 1.86 bits per heavy atom. The zero-order valence-corrected chi connectivity index (χ0v) is 14.1. The van der Waals surface area contributed by atoms with Crippen LogP contribution >= 0.6 is 23.2 Å². The van der Waals surface area contributed by atoms with E-state index < -0.39 is 0 Å². The molecule has 0 bridgehead atoms. The van der Waals surface area contributed by atoms with E-state index in [-0.39, 0.29) is 0 Å². The van der Waals surface area contributed by atoms with E-state index in [2.05, 4.69) is 46.1 Å². The molecule has 116 valence electrons. The molecule has 2 rings (SSSR count). The minimum atomic E-state index is 0.589. The van der Waals surface area contributed by atoms with Gasteiger partial charge in [0, 0.05) is 36.7 Å². The molecule has 0 unspecified atom stereocenters. The van der Waals surface area contributed by atoms with E-state index in [9.17, 15) is 0 Å². The van der Waals surface area contributed by atoms with E-state index in [0.29, 0.717) is 11.8 Å². The van der Waals surface area contributed by atoms with Crippen molar-refractivity contribution in [3.8, 4) is 0 Å². The van der Waals surface area contributed by atoms with Crippen molar-refractivity contribution in [1.82, 2.24) is 9.97 Å². The molecular weight excluding hydrogens is 317 g/mol. The van der Waals surface area contributed by atoms with Gasteiger partial charge in [0.2, 0.25) is 0 Å². The SMILES string of the molecule is Cc1cc(N(CCCl)CCCl)ccc1/C=C\c1ccncn1. The second kappa shape index (κ2) is 8.76. The number of hydrogen-bond donors (Lipinski definition) is 0. The Morgan fingerprint density at radius 3 is 2.45 bits per heavy atom. The van der Waals surface area contributed by atoms with Gasteiger partial charge in [0.1, 0.15) is 6.33 Å². The van der Waals surface area contributed by atoms with Gasteiger partial charge in [0.25, 0.3) is 0 Å². The molecule has 0 N–H and O–H groups in total. The first-order valence-electron chi connectivity index (χ1n) is 7.16. The smallest absolute Gasteiger partial charge is 0.115 e. The average molecular weight is 336 g/mol. The van der Waals surface area contributed by atoms with Gasteiger partial charge in [-0.2, -0.15) is 0 Å². The topological polar surface area (TPSA) is 29.0 Å². The zero-order valence-electron chi connectivity index (χ0n) is 12.5. The summed E-state index contributed by atoms with van der Waals surface area (Å²) in [7, 11) is 0. The maximum absolute atomic E-state index is 5.86. The average Bonchev–Trinajstić information content (AvgIpc) is 2.54. The standard InChI is InChI=1S/C17H19Cl2N3/c1-14-12-17(22(10-7-18)11-8-19)5-3-15(14)2-4-16-6-9-20-13-21-16/h2-6,9,12-13H,7-8,10-11H2,1H3/b4-2-. The van der Waals surface area contributed by atoms with Crippen molar-refractivity contribution in [3.63, 3.8) is 0 Å². The lowest BCUT2D eigenvalue weighted by Gasteiger charge is -2.23. The highest BCUT2D eigenvalue weighted by molar-refractivity contribution is 6.18. The molecule has 22 heavy (non-hydrogen) atoms. The summed E-state index contributed by atoms with van der Waals surface area (Å²) in [5.74, 6) is 1.18. The van der Waals surface area contributed by atoms with Crippen molar-refractivity contribution in [3.05, 3.63) is 53.6 Å². The quantitative estimate of drug-likeness (QED) is 0.708. The third-order valence-electron chi connectivity index (χ3n) is 3.37.